The van der Waals surface area contributed by atoms with Gasteiger partial charge in [0.15, 0.2) is 16.9 Å². The zero-order valence-electron chi connectivity index (χ0n) is 23.4. The van der Waals surface area contributed by atoms with E-state index in [9.17, 15) is 14.4 Å². The van der Waals surface area contributed by atoms with Crippen LogP contribution in [0.25, 0.3) is 11.1 Å². The summed E-state index contributed by atoms with van der Waals surface area (Å²) in [7, 11) is 4.66. The van der Waals surface area contributed by atoms with Gasteiger partial charge < -0.3 is 23.7 Å². The summed E-state index contributed by atoms with van der Waals surface area (Å²) in [6, 6.07) is 7.09. The van der Waals surface area contributed by atoms with Crippen molar-refractivity contribution in [2.75, 3.05) is 27.6 Å². The summed E-state index contributed by atoms with van der Waals surface area (Å²) in [5, 5.41) is 0. The van der Waals surface area contributed by atoms with Gasteiger partial charge in [-0.3, -0.25) is 9.59 Å². The van der Waals surface area contributed by atoms with Crippen LogP contribution in [0.3, 0.4) is 0 Å². The molecule has 2 aromatic rings. The van der Waals surface area contributed by atoms with Crippen LogP contribution in [0.2, 0.25) is 0 Å². The highest BCUT2D eigenvalue weighted by atomic mass is 32.2. The summed E-state index contributed by atoms with van der Waals surface area (Å²) in [5.41, 5.74) is -0.115. The van der Waals surface area contributed by atoms with Crippen LogP contribution in [0.15, 0.2) is 34.0 Å². The van der Waals surface area contributed by atoms with Crippen molar-refractivity contribution in [2.45, 2.75) is 63.1 Å². The van der Waals surface area contributed by atoms with Crippen molar-refractivity contribution < 1.29 is 33.3 Å². The second kappa shape index (κ2) is 9.47. The summed E-state index contributed by atoms with van der Waals surface area (Å²) >= 11 is 1.35. The lowest BCUT2D eigenvalue weighted by Gasteiger charge is -2.35. The standard InChI is InChI=1S/C30H34O8S/c1-28(2)29(3)12-13-30(28,38-26(29)32)27(33)37-20-10-8-16-14-21(34-4)24(35-5)25(36-6)23(16)17-9-11-22(39-7)19(31)15-18(17)20/h9,11,14-15,20H,8,10,12-13H2,1-7H3/t20-,29+,30-/m1/s1. The van der Waals surface area contributed by atoms with E-state index >= 15 is 0 Å². The van der Waals surface area contributed by atoms with Crippen LogP contribution in [0.1, 0.15) is 57.3 Å². The predicted octanol–water partition coefficient (Wildman–Crippen LogP) is 5.11. The minimum Gasteiger partial charge on any atom is -0.493 e. The van der Waals surface area contributed by atoms with Crippen LogP contribution in [0.4, 0.5) is 0 Å². The molecule has 1 heterocycles. The van der Waals surface area contributed by atoms with Gasteiger partial charge in [-0.05, 0) is 68.2 Å². The van der Waals surface area contributed by atoms with Gasteiger partial charge in [0, 0.05) is 16.5 Å². The fourth-order valence-electron chi connectivity index (χ4n) is 6.48. The van der Waals surface area contributed by atoms with Crippen LogP contribution in [0, 0.1) is 10.8 Å². The molecule has 5 rings (SSSR count). The number of fused-ring (bicyclic) bond motifs is 5. The van der Waals surface area contributed by atoms with Gasteiger partial charge in [-0.15, -0.1) is 11.8 Å². The third kappa shape index (κ3) is 3.68. The fourth-order valence-corrected chi connectivity index (χ4v) is 6.94. The van der Waals surface area contributed by atoms with Crippen LogP contribution >= 0.6 is 11.8 Å². The van der Waals surface area contributed by atoms with Gasteiger partial charge in [0.05, 0.1) is 31.6 Å². The van der Waals surface area contributed by atoms with Crippen molar-refractivity contribution in [2.24, 2.45) is 10.8 Å². The zero-order chi connectivity index (χ0) is 28.3. The Bertz CT molecular complexity index is 1430. The quantitative estimate of drug-likeness (QED) is 0.356. The Balaban J connectivity index is 1.68. The SMILES string of the molecule is COc1cc2c(c(OC)c1OC)-c1ccc(SC)c(=O)cc1[C@H](OC(=O)[C@@]13CC[C@@](C)(C(=O)O1)C3(C)C)CC2. The van der Waals surface area contributed by atoms with Gasteiger partial charge in [0.25, 0.3) is 0 Å². The number of carbonyl (C=O) groups is 2. The van der Waals surface area contributed by atoms with Crippen molar-refractivity contribution in [1.82, 2.24) is 0 Å². The van der Waals surface area contributed by atoms with Gasteiger partial charge in [0.2, 0.25) is 11.4 Å². The predicted molar refractivity (Wildman–Crippen MR) is 147 cm³/mol. The number of hydrogen-bond donors (Lipinski definition) is 0. The van der Waals surface area contributed by atoms with E-state index in [0.717, 1.165) is 11.1 Å². The molecule has 0 amide bonds. The minimum atomic E-state index is -1.37. The Hall–Kier alpha value is -3.20. The number of rotatable bonds is 6. The molecule has 0 aromatic heterocycles. The number of esters is 2. The molecular weight excluding hydrogens is 520 g/mol. The summed E-state index contributed by atoms with van der Waals surface area (Å²) in [6.45, 7) is 5.65. The number of aryl methyl sites for hydroxylation is 1. The maximum Gasteiger partial charge on any atom is 0.351 e. The molecule has 3 atom stereocenters. The van der Waals surface area contributed by atoms with E-state index in [1.165, 1.54) is 11.8 Å². The minimum absolute atomic E-state index is 0.174. The number of carbonyl (C=O) groups excluding carboxylic acids is 2. The average Bonchev–Trinajstić information content (AvgIpc) is 3.07. The van der Waals surface area contributed by atoms with Crippen LogP contribution < -0.4 is 19.6 Å². The van der Waals surface area contributed by atoms with E-state index in [2.05, 4.69) is 0 Å². The molecular formula is C30H34O8S. The molecule has 1 aliphatic heterocycles. The highest BCUT2D eigenvalue weighted by Crippen LogP contribution is 2.66. The molecule has 0 spiro atoms. The molecule has 39 heavy (non-hydrogen) atoms. The Morgan fingerprint density at radius 3 is 2.28 bits per heavy atom. The second-order valence-corrected chi connectivity index (χ2v) is 11.9. The number of methoxy groups -OCH3 is 3. The second-order valence-electron chi connectivity index (χ2n) is 11.1. The van der Waals surface area contributed by atoms with Gasteiger partial charge in [0.1, 0.15) is 6.10 Å². The summed E-state index contributed by atoms with van der Waals surface area (Å²) in [6.07, 6.45) is 2.95. The van der Waals surface area contributed by atoms with Crippen molar-refractivity contribution in [3.63, 3.8) is 0 Å². The molecule has 0 N–H and O–H groups in total. The van der Waals surface area contributed by atoms with E-state index in [1.54, 1.807) is 33.5 Å². The van der Waals surface area contributed by atoms with Crippen LogP contribution in [-0.2, 0) is 25.5 Å². The molecule has 0 unspecified atom stereocenters. The maximum absolute atomic E-state index is 14.0. The smallest absolute Gasteiger partial charge is 0.351 e. The third-order valence-electron chi connectivity index (χ3n) is 9.33. The molecule has 2 fully saturated rings. The first-order valence-electron chi connectivity index (χ1n) is 13.0. The Morgan fingerprint density at radius 1 is 1.00 bits per heavy atom. The summed E-state index contributed by atoms with van der Waals surface area (Å²) in [4.78, 5) is 40.5. The van der Waals surface area contributed by atoms with Crippen molar-refractivity contribution in [3.8, 4) is 28.4 Å². The molecule has 2 aromatic carbocycles. The average molecular weight is 555 g/mol. The van der Waals surface area contributed by atoms with Gasteiger partial charge in [-0.1, -0.05) is 19.9 Å². The summed E-state index contributed by atoms with van der Waals surface area (Å²) in [5.74, 6) is 0.480. The Morgan fingerprint density at radius 2 is 1.72 bits per heavy atom. The van der Waals surface area contributed by atoms with E-state index < -0.39 is 28.5 Å². The monoisotopic (exact) mass is 554 g/mol. The lowest BCUT2D eigenvalue weighted by Crippen LogP contribution is -2.49. The van der Waals surface area contributed by atoms with E-state index in [-0.39, 0.29) is 11.4 Å². The summed E-state index contributed by atoms with van der Waals surface area (Å²) < 4.78 is 29.1. The van der Waals surface area contributed by atoms with Crippen molar-refractivity contribution >= 4 is 23.7 Å². The fraction of sp³-hybridized carbons (Fsp3) is 0.500. The zero-order valence-corrected chi connectivity index (χ0v) is 24.2. The van der Waals surface area contributed by atoms with Gasteiger partial charge >= 0.3 is 11.9 Å². The van der Waals surface area contributed by atoms with Crippen molar-refractivity contribution in [1.29, 1.82) is 0 Å². The first kappa shape index (κ1) is 27.4. The van der Waals surface area contributed by atoms with Crippen molar-refractivity contribution in [3.05, 3.63) is 45.6 Å². The number of hydrogen-bond acceptors (Lipinski definition) is 9. The molecule has 2 bridgehead atoms. The first-order chi connectivity index (χ1) is 18.5. The largest absolute Gasteiger partial charge is 0.493 e. The van der Waals surface area contributed by atoms with Crippen LogP contribution in [-0.4, -0.2) is 45.1 Å². The topological polar surface area (TPSA) is 97.4 Å². The molecule has 1 saturated heterocycles. The van der Waals surface area contributed by atoms with E-state index in [1.807, 2.05) is 39.2 Å². The maximum atomic E-state index is 14.0. The normalized spacial score (nSPS) is 26.1. The molecule has 3 aliphatic rings. The van der Waals surface area contributed by atoms with Gasteiger partial charge in [-0.2, -0.15) is 0 Å². The highest BCUT2D eigenvalue weighted by Gasteiger charge is 2.76. The lowest BCUT2D eigenvalue weighted by atomic mass is 9.66. The molecule has 0 radical (unpaired) electrons. The highest BCUT2D eigenvalue weighted by molar-refractivity contribution is 7.98. The molecule has 208 valence electrons. The third-order valence-corrected chi connectivity index (χ3v) is 10.1. The molecule has 2 aliphatic carbocycles. The number of ether oxygens (including phenoxy) is 5. The Labute approximate surface area is 232 Å². The number of benzene rings is 1. The Kier molecular flexibility index (Phi) is 6.64. The first-order valence-corrected chi connectivity index (χ1v) is 14.2. The lowest BCUT2D eigenvalue weighted by molar-refractivity contribution is -0.187. The van der Waals surface area contributed by atoms with Crippen LogP contribution in [0.5, 0.6) is 17.2 Å². The van der Waals surface area contributed by atoms with E-state index in [0.29, 0.717) is 59.0 Å². The molecule has 8 nitrogen and oxygen atoms in total. The van der Waals surface area contributed by atoms with Gasteiger partial charge in [-0.25, -0.2) is 4.79 Å². The molecule has 1 saturated carbocycles. The van der Waals surface area contributed by atoms with E-state index in [4.69, 9.17) is 23.7 Å². The number of thioether (sulfide) groups is 1. The molecule has 9 heteroatoms.